The van der Waals surface area contributed by atoms with Crippen LogP contribution in [0.2, 0.25) is 0 Å². The summed E-state index contributed by atoms with van der Waals surface area (Å²) in [6.07, 6.45) is 0.200. The molecule has 2 amide bonds. The van der Waals surface area contributed by atoms with Gasteiger partial charge in [0.25, 0.3) is 0 Å². The molecule has 0 aromatic rings. The number of amides is 2. The second-order valence-corrected chi connectivity index (χ2v) is 3.13. The largest absolute Gasteiger partial charge is 0.480 e. The van der Waals surface area contributed by atoms with Crippen molar-refractivity contribution < 1.29 is 19.4 Å². The number of nitrogens with zero attached hydrogens (tertiary/aromatic N) is 2. The Hall–Kier alpha value is -1.81. The lowest BCUT2D eigenvalue weighted by atomic mass is 10.3. The molecule has 1 atom stereocenters. The van der Waals surface area contributed by atoms with E-state index < -0.39 is 18.0 Å². The van der Waals surface area contributed by atoms with E-state index in [9.17, 15) is 9.59 Å². The molecular weight excluding hydrogens is 214 g/mol. The van der Waals surface area contributed by atoms with Crippen molar-refractivity contribution >= 4 is 12.0 Å². The van der Waals surface area contributed by atoms with Gasteiger partial charge in [0.2, 0.25) is 0 Å². The molecule has 0 fully saturated rings. The van der Waals surface area contributed by atoms with Crippen LogP contribution in [0.5, 0.6) is 0 Å². The summed E-state index contributed by atoms with van der Waals surface area (Å²) in [5.74, 6) is -1.16. The molecule has 0 aromatic carbocycles. The number of carboxylic acid groups (broad SMARTS) is 1. The first-order valence-electron chi connectivity index (χ1n) is 4.63. The van der Waals surface area contributed by atoms with Crippen LogP contribution in [0.25, 0.3) is 0 Å². The molecule has 0 saturated heterocycles. The summed E-state index contributed by atoms with van der Waals surface area (Å²) < 4.78 is 4.66. The van der Waals surface area contributed by atoms with Gasteiger partial charge in [0, 0.05) is 20.7 Å². The lowest BCUT2D eigenvalue weighted by molar-refractivity contribution is -0.140. The number of urea groups is 1. The van der Waals surface area contributed by atoms with Gasteiger partial charge in [-0.05, 0) is 0 Å². The monoisotopic (exact) mass is 229 g/mol. The van der Waals surface area contributed by atoms with Crippen molar-refractivity contribution in [3.8, 4) is 6.07 Å². The van der Waals surface area contributed by atoms with E-state index in [2.05, 4.69) is 10.1 Å². The number of hydrogen-bond acceptors (Lipinski definition) is 4. The zero-order valence-electron chi connectivity index (χ0n) is 9.27. The molecule has 0 heterocycles. The van der Waals surface area contributed by atoms with Crippen molar-refractivity contribution in [3.63, 3.8) is 0 Å². The van der Waals surface area contributed by atoms with E-state index in [1.807, 2.05) is 6.07 Å². The Labute approximate surface area is 93.6 Å². The molecule has 0 rings (SSSR count). The normalized spacial score (nSPS) is 11.3. The first-order chi connectivity index (χ1) is 7.52. The Bertz CT molecular complexity index is 287. The third-order valence-corrected chi connectivity index (χ3v) is 1.83. The number of aliphatic carboxylic acids is 1. The molecule has 0 aliphatic carbocycles. The number of carboxylic acids is 1. The van der Waals surface area contributed by atoms with Crippen LogP contribution in [0.15, 0.2) is 0 Å². The van der Waals surface area contributed by atoms with Gasteiger partial charge in [0.1, 0.15) is 0 Å². The quantitative estimate of drug-likeness (QED) is 0.647. The SMILES string of the molecule is COCC(NC(=O)N(C)CCC#N)C(=O)O. The molecule has 2 N–H and O–H groups in total. The minimum absolute atomic E-state index is 0.104. The van der Waals surface area contributed by atoms with Crippen molar-refractivity contribution in [2.45, 2.75) is 12.5 Å². The summed E-state index contributed by atoms with van der Waals surface area (Å²) in [5, 5.41) is 19.4. The molecule has 90 valence electrons. The van der Waals surface area contributed by atoms with Crippen LogP contribution >= 0.6 is 0 Å². The van der Waals surface area contributed by atoms with Gasteiger partial charge in [-0.3, -0.25) is 0 Å². The molecule has 7 nitrogen and oxygen atoms in total. The van der Waals surface area contributed by atoms with Crippen molar-refractivity contribution in [2.24, 2.45) is 0 Å². The van der Waals surface area contributed by atoms with Gasteiger partial charge in [-0.1, -0.05) is 0 Å². The summed E-state index contributed by atoms with van der Waals surface area (Å²) in [6.45, 7) is 0.148. The van der Waals surface area contributed by atoms with Gasteiger partial charge >= 0.3 is 12.0 Å². The molecule has 1 unspecified atom stereocenters. The number of nitrogens with one attached hydrogen (secondary N) is 1. The Morgan fingerprint density at radius 2 is 2.25 bits per heavy atom. The average Bonchev–Trinajstić information content (AvgIpc) is 2.24. The maximum atomic E-state index is 11.4. The van der Waals surface area contributed by atoms with E-state index in [0.717, 1.165) is 0 Å². The average molecular weight is 229 g/mol. The van der Waals surface area contributed by atoms with Crippen LogP contribution in [0.3, 0.4) is 0 Å². The lowest BCUT2D eigenvalue weighted by Crippen LogP contribution is -2.48. The number of hydrogen-bond donors (Lipinski definition) is 2. The molecule has 0 aliphatic heterocycles. The standard InChI is InChI=1S/C9H15N3O4/c1-12(5-3-4-10)9(15)11-7(6-16-2)8(13)14/h7H,3,5-6H2,1-2H3,(H,11,15)(H,13,14). The lowest BCUT2D eigenvalue weighted by Gasteiger charge is -2.19. The van der Waals surface area contributed by atoms with E-state index >= 15 is 0 Å². The number of carbonyl (C=O) groups is 2. The third-order valence-electron chi connectivity index (χ3n) is 1.83. The highest BCUT2D eigenvalue weighted by atomic mass is 16.5. The molecule has 16 heavy (non-hydrogen) atoms. The van der Waals surface area contributed by atoms with Gasteiger partial charge in [0.15, 0.2) is 6.04 Å². The van der Waals surface area contributed by atoms with Gasteiger partial charge < -0.3 is 20.1 Å². The van der Waals surface area contributed by atoms with Crippen molar-refractivity contribution in [1.29, 1.82) is 5.26 Å². The summed E-state index contributed by atoms with van der Waals surface area (Å²) >= 11 is 0. The summed E-state index contributed by atoms with van der Waals surface area (Å²) in [4.78, 5) is 23.4. The van der Waals surface area contributed by atoms with Crippen molar-refractivity contribution in [1.82, 2.24) is 10.2 Å². The molecule has 0 saturated carbocycles. The van der Waals surface area contributed by atoms with E-state index in [0.29, 0.717) is 0 Å². The molecule has 0 radical (unpaired) electrons. The van der Waals surface area contributed by atoms with E-state index in [-0.39, 0.29) is 19.6 Å². The van der Waals surface area contributed by atoms with Crippen molar-refractivity contribution in [2.75, 3.05) is 27.3 Å². The number of ether oxygens (including phenoxy) is 1. The Balaban J connectivity index is 4.18. The predicted molar refractivity (Wildman–Crippen MR) is 54.7 cm³/mol. The topological polar surface area (TPSA) is 103 Å². The van der Waals surface area contributed by atoms with Gasteiger partial charge in [-0.15, -0.1) is 0 Å². The maximum absolute atomic E-state index is 11.4. The maximum Gasteiger partial charge on any atom is 0.328 e. The van der Waals surface area contributed by atoms with Gasteiger partial charge in [-0.25, -0.2) is 9.59 Å². The number of carbonyl (C=O) groups excluding carboxylic acids is 1. The zero-order chi connectivity index (χ0) is 12.6. The number of rotatable bonds is 6. The Kier molecular flexibility index (Phi) is 6.63. The second kappa shape index (κ2) is 7.48. The highest BCUT2D eigenvalue weighted by molar-refractivity contribution is 5.82. The van der Waals surface area contributed by atoms with E-state index in [4.69, 9.17) is 10.4 Å². The molecule has 0 bridgehead atoms. The summed E-state index contributed by atoms with van der Waals surface area (Å²) in [6, 6.07) is 0.269. The summed E-state index contributed by atoms with van der Waals surface area (Å²) in [7, 11) is 2.83. The van der Waals surface area contributed by atoms with E-state index in [1.54, 1.807) is 0 Å². The zero-order valence-corrected chi connectivity index (χ0v) is 9.27. The van der Waals surface area contributed by atoms with Crippen LogP contribution in [0, 0.1) is 11.3 Å². The minimum Gasteiger partial charge on any atom is -0.480 e. The highest BCUT2D eigenvalue weighted by Gasteiger charge is 2.21. The predicted octanol–water partition coefficient (Wildman–Crippen LogP) is -0.359. The molecule has 0 aliphatic rings. The Morgan fingerprint density at radius 3 is 2.69 bits per heavy atom. The fourth-order valence-corrected chi connectivity index (χ4v) is 0.920. The minimum atomic E-state index is -1.16. The number of nitriles is 1. The molecular formula is C9H15N3O4. The van der Waals surface area contributed by atoms with Gasteiger partial charge in [-0.2, -0.15) is 5.26 Å². The van der Waals surface area contributed by atoms with E-state index in [1.165, 1.54) is 19.1 Å². The first kappa shape index (κ1) is 14.2. The van der Waals surface area contributed by atoms with Crippen LogP contribution in [0.1, 0.15) is 6.42 Å². The number of methoxy groups -OCH3 is 1. The van der Waals surface area contributed by atoms with Crippen molar-refractivity contribution in [3.05, 3.63) is 0 Å². The molecule has 0 spiro atoms. The molecule has 7 heteroatoms. The van der Waals surface area contributed by atoms with Crippen LogP contribution in [-0.4, -0.2) is 55.4 Å². The fourth-order valence-electron chi connectivity index (χ4n) is 0.920. The van der Waals surface area contributed by atoms with Gasteiger partial charge in [0.05, 0.1) is 19.1 Å². The second-order valence-electron chi connectivity index (χ2n) is 3.13. The third kappa shape index (κ3) is 5.17. The molecule has 0 aromatic heterocycles. The highest BCUT2D eigenvalue weighted by Crippen LogP contribution is 1.92. The Morgan fingerprint density at radius 1 is 1.62 bits per heavy atom. The van der Waals surface area contributed by atoms with Crippen LogP contribution in [0.4, 0.5) is 4.79 Å². The van der Waals surface area contributed by atoms with Crippen LogP contribution < -0.4 is 5.32 Å². The summed E-state index contributed by atoms with van der Waals surface area (Å²) in [5.41, 5.74) is 0. The van der Waals surface area contributed by atoms with Crippen LogP contribution in [-0.2, 0) is 9.53 Å². The first-order valence-corrected chi connectivity index (χ1v) is 4.63. The fraction of sp³-hybridized carbons (Fsp3) is 0.667. The smallest absolute Gasteiger partial charge is 0.328 e.